The molecule has 2 aromatic carbocycles. The molecule has 2 amide bonds. The smallest absolute Gasteiger partial charge is 0.871 e. The fourth-order valence-corrected chi connectivity index (χ4v) is 3.88. The van der Waals surface area contributed by atoms with Gasteiger partial charge in [-0.3, -0.25) is 4.79 Å². The average Bonchev–Trinajstić information content (AvgIpc) is 2.73. The molecule has 0 aliphatic rings. The Morgan fingerprint density at radius 3 is 2.26 bits per heavy atom. The molecule has 0 bridgehead atoms. The van der Waals surface area contributed by atoms with Crippen LogP contribution in [0.25, 0.3) is 11.1 Å². The van der Waals surface area contributed by atoms with E-state index in [2.05, 4.69) is 10.6 Å². The number of amides is 2. The number of nitrogens with one attached hydrogen (secondary N) is 2. The van der Waals surface area contributed by atoms with Crippen LogP contribution in [0.2, 0.25) is 0 Å². The predicted molar refractivity (Wildman–Crippen MR) is 122 cm³/mol. The normalized spacial score (nSPS) is 11.0. The quantitative estimate of drug-likeness (QED) is 0.339. The number of aryl methyl sites for hydroxylation is 4. The number of rotatable bonds is 6. The van der Waals surface area contributed by atoms with Gasteiger partial charge >= 0.3 is 65.1 Å². The van der Waals surface area contributed by atoms with Crippen LogP contribution in [-0.4, -0.2) is 16.6 Å². The number of anilines is 1. The molecule has 0 radical (unpaired) electrons. The number of carbonyl (C=O) groups excluding carboxylic acids is 2. The Kier molecular flexibility index (Phi) is 11.8. The summed E-state index contributed by atoms with van der Waals surface area (Å²) in [4.78, 5) is 36.2. The van der Waals surface area contributed by atoms with Crippen molar-refractivity contribution in [2.24, 2.45) is 7.05 Å². The minimum absolute atomic E-state index is 0. The second-order valence-corrected chi connectivity index (χ2v) is 8.10. The van der Waals surface area contributed by atoms with Gasteiger partial charge in [-0.05, 0) is 54.7 Å². The molecule has 0 fully saturated rings. The van der Waals surface area contributed by atoms with Crippen molar-refractivity contribution in [3.8, 4) is 16.9 Å². The van der Waals surface area contributed by atoms with Gasteiger partial charge in [-0.2, -0.15) is 0 Å². The summed E-state index contributed by atoms with van der Waals surface area (Å²) in [5, 5.41) is 28.3. The van der Waals surface area contributed by atoms with Crippen molar-refractivity contribution in [1.82, 2.24) is 9.88 Å². The Hall–Kier alpha value is -2.07. The van der Waals surface area contributed by atoms with Crippen LogP contribution in [0.5, 0.6) is 5.75 Å². The molecule has 0 aliphatic carbocycles. The van der Waals surface area contributed by atoms with E-state index in [1.54, 1.807) is 6.07 Å². The van der Waals surface area contributed by atoms with E-state index in [-0.39, 0.29) is 59.1 Å². The molecule has 1 aromatic heterocycles. The van der Waals surface area contributed by atoms with E-state index in [1.807, 2.05) is 51.1 Å². The fraction of sp³-hybridized carbons (Fsp3) is 0.240. The number of nitrogens with zero attached hydrogens (tertiary/aromatic N) is 1. The number of carboxylic acids is 1. The summed E-state index contributed by atoms with van der Waals surface area (Å²) in [5.74, 6) is -1.99. The first-order valence-corrected chi connectivity index (χ1v) is 10.4. The van der Waals surface area contributed by atoms with Crippen LogP contribution in [0, 0.1) is 20.8 Å². The van der Waals surface area contributed by atoms with E-state index >= 15 is 0 Å². The molecule has 1 heterocycles. The van der Waals surface area contributed by atoms with Crippen molar-refractivity contribution < 1.29 is 78.9 Å². The third kappa shape index (κ3) is 7.70. The van der Waals surface area contributed by atoms with E-state index in [4.69, 9.17) is 0 Å². The summed E-state index contributed by atoms with van der Waals surface area (Å²) >= 11 is 0. The average molecular weight is 493 g/mol. The molecule has 1 atom stereocenters. The number of hydrogen-bond donors (Lipinski definition) is 2. The molecular weight excluding hydrogens is 468 g/mol. The minimum atomic E-state index is -1.35. The van der Waals surface area contributed by atoms with Gasteiger partial charge in [0.05, 0.1) is 6.04 Å². The second-order valence-electron chi connectivity index (χ2n) is 8.10. The Morgan fingerprint density at radius 1 is 1.03 bits per heavy atom. The van der Waals surface area contributed by atoms with Crippen LogP contribution >= 0.6 is 0 Å². The molecule has 0 aliphatic heterocycles. The van der Waals surface area contributed by atoms with Gasteiger partial charge < -0.3 is 30.2 Å². The standard InChI is InChI=1S/C25H27N3O5.2Na/c1-14-10-17(12-18(11-14)22-15(2)6-5-7-16(22)3)19(13-21(30)31)26-25(33)27-23-20(29)8-9-28(4)24(23)32;;/h5-12,19,29H,13H2,1-4H3,(H,30,31)(H2,26,27,33);;/q;2*+1/p-2/t19-;;/m0../s1. The summed E-state index contributed by atoms with van der Waals surface area (Å²) in [7, 11) is 1.45. The van der Waals surface area contributed by atoms with Gasteiger partial charge in [0, 0.05) is 25.6 Å². The number of aromatic nitrogens is 1. The van der Waals surface area contributed by atoms with Crippen LogP contribution in [0.1, 0.15) is 34.7 Å². The molecule has 3 rings (SSSR count). The maximum Gasteiger partial charge on any atom is 1.00 e. The monoisotopic (exact) mass is 493 g/mol. The van der Waals surface area contributed by atoms with Gasteiger partial charge in [-0.25, -0.2) is 4.79 Å². The van der Waals surface area contributed by atoms with Crippen LogP contribution in [0.4, 0.5) is 10.5 Å². The number of carbonyl (C=O) groups is 2. The number of pyridine rings is 1. The van der Waals surface area contributed by atoms with E-state index in [0.717, 1.165) is 38.5 Å². The molecular formula is C25H25N3Na2O5. The van der Waals surface area contributed by atoms with Crippen molar-refractivity contribution in [2.45, 2.75) is 33.2 Å². The minimum Gasteiger partial charge on any atom is -0.871 e. The molecule has 0 saturated carbocycles. The van der Waals surface area contributed by atoms with E-state index < -0.39 is 41.5 Å². The third-order valence-corrected chi connectivity index (χ3v) is 5.42. The van der Waals surface area contributed by atoms with E-state index in [0.29, 0.717) is 5.56 Å². The topological polar surface area (TPSA) is 126 Å². The summed E-state index contributed by atoms with van der Waals surface area (Å²) in [5.41, 5.74) is 4.43. The maximum absolute atomic E-state index is 12.6. The van der Waals surface area contributed by atoms with Gasteiger partial charge in [0.2, 0.25) is 0 Å². The molecule has 2 N–H and O–H groups in total. The second kappa shape index (κ2) is 13.3. The molecule has 0 saturated heterocycles. The van der Waals surface area contributed by atoms with Crippen LogP contribution in [0.3, 0.4) is 0 Å². The van der Waals surface area contributed by atoms with Crippen molar-refractivity contribution in [1.29, 1.82) is 0 Å². The molecule has 3 aromatic rings. The number of carboxylic acid groups (broad SMARTS) is 1. The molecule has 0 unspecified atom stereocenters. The first-order chi connectivity index (χ1) is 15.6. The Morgan fingerprint density at radius 2 is 1.66 bits per heavy atom. The Labute approximate surface area is 248 Å². The van der Waals surface area contributed by atoms with Crippen molar-refractivity contribution in [3.63, 3.8) is 0 Å². The molecule has 172 valence electrons. The summed E-state index contributed by atoms with van der Waals surface area (Å²) in [6.45, 7) is 5.87. The largest absolute Gasteiger partial charge is 1.00 e. The van der Waals surface area contributed by atoms with Gasteiger partial charge in [0.15, 0.2) is 0 Å². The van der Waals surface area contributed by atoms with Crippen molar-refractivity contribution >= 4 is 17.7 Å². The van der Waals surface area contributed by atoms with Crippen molar-refractivity contribution in [2.75, 3.05) is 5.32 Å². The Balaban J connectivity index is 0.00000306. The zero-order valence-corrected chi connectivity index (χ0v) is 24.9. The number of benzene rings is 2. The first kappa shape index (κ1) is 31.0. The van der Waals surface area contributed by atoms with Crippen molar-refractivity contribution in [3.05, 3.63) is 81.3 Å². The molecule has 10 heteroatoms. The van der Waals surface area contributed by atoms with Gasteiger partial charge in [0.25, 0.3) is 5.56 Å². The number of aliphatic carboxylic acids is 1. The summed E-state index contributed by atoms with van der Waals surface area (Å²) < 4.78 is 1.16. The SMILES string of the molecule is Cc1cc(-c2c(C)cccc2C)cc([C@H](CC(=O)[O-])NC(=O)Nc2c([O-])ccn(C)c2=O)c1.[Na+].[Na+]. The zero-order chi connectivity index (χ0) is 24.3. The van der Waals surface area contributed by atoms with E-state index in [9.17, 15) is 24.6 Å². The maximum atomic E-state index is 12.6. The predicted octanol–water partition coefficient (Wildman–Crippen LogP) is -3.94. The van der Waals surface area contributed by atoms with Gasteiger partial charge in [0.1, 0.15) is 5.69 Å². The first-order valence-electron chi connectivity index (χ1n) is 10.4. The van der Waals surface area contributed by atoms with Crippen LogP contribution in [0.15, 0.2) is 53.5 Å². The third-order valence-electron chi connectivity index (χ3n) is 5.42. The number of hydrogen-bond acceptors (Lipinski definition) is 5. The van der Waals surface area contributed by atoms with Crippen LogP contribution < -0.4 is 85.5 Å². The molecule has 8 nitrogen and oxygen atoms in total. The molecule has 35 heavy (non-hydrogen) atoms. The fourth-order valence-electron chi connectivity index (χ4n) is 3.88. The Bertz CT molecular complexity index is 1270. The van der Waals surface area contributed by atoms with Gasteiger partial charge in [-0.15, -0.1) is 0 Å². The molecule has 0 spiro atoms. The zero-order valence-electron chi connectivity index (χ0n) is 20.9. The summed E-state index contributed by atoms with van der Waals surface area (Å²) in [6.07, 6.45) is 0.814. The van der Waals surface area contributed by atoms with Gasteiger partial charge in [-0.1, -0.05) is 47.7 Å². The van der Waals surface area contributed by atoms with E-state index in [1.165, 1.54) is 13.2 Å². The van der Waals surface area contributed by atoms with Crippen LogP contribution in [-0.2, 0) is 11.8 Å². The number of urea groups is 1. The summed E-state index contributed by atoms with van der Waals surface area (Å²) in [6, 6.07) is 10.9.